The highest BCUT2D eigenvalue weighted by molar-refractivity contribution is 6.68. The van der Waals surface area contributed by atoms with Crippen LogP contribution in [0.3, 0.4) is 0 Å². The predicted octanol–water partition coefficient (Wildman–Crippen LogP) is 5.03. The fourth-order valence-electron chi connectivity index (χ4n) is 1.28. The van der Waals surface area contributed by atoms with Crippen LogP contribution in [0.5, 0.6) is 0 Å². The molecule has 0 aliphatic rings. The number of hydrogen-bond acceptors (Lipinski definition) is 2. The molecule has 0 heterocycles. The molecule has 118 valence electrons. The monoisotopic (exact) mass is 411 g/mol. The zero-order valence-corrected chi connectivity index (χ0v) is 15.4. The summed E-state index contributed by atoms with van der Waals surface area (Å²) in [7, 11) is 3.10. The Kier molecular flexibility index (Phi) is 6.84. The largest absolute Gasteiger partial charge is 0.359 e. The standard InChI is InChI=1S/C11H11Cl6N3O/c1-20(2)10(21)19-9(11(15,16)17)18-8-6(13)3-5(12)4-7(8)14/h3-4,9,18H,1-2H3,(H,19,21)/t9-/m0/s1. The van der Waals surface area contributed by atoms with Crippen molar-refractivity contribution in [1.82, 2.24) is 10.2 Å². The fourth-order valence-corrected chi connectivity index (χ4v) is 2.53. The Balaban J connectivity index is 3.06. The number of benzene rings is 1. The lowest BCUT2D eigenvalue weighted by atomic mass is 10.3. The van der Waals surface area contributed by atoms with Crippen LogP contribution in [0.2, 0.25) is 15.1 Å². The first-order valence-corrected chi connectivity index (χ1v) is 7.74. The minimum Gasteiger partial charge on any atom is -0.359 e. The maximum Gasteiger partial charge on any atom is 0.318 e. The molecule has 4 nitrogen and oxygen atoms in total. The van der Waals surface area contributed by atoms with E-state index in [0.29, 0.717) is 5.02 Å². The second-order valence-corrected chi connectivity index (χ2v) is 7.83. The number of urea groups is 1. The Morgan fingerprint density at radius 2 is 1.62 bits per heavy atom. The quantitative estimate of drug-likeness (QED) is 0.539. The smallest absolute Gasteiger partial charge is 0.318 e. The Bertz CT molecular complexity index is 508. The van der Waals surface area contributed by atoms with Gasteiger partial charge in [0.1, 0.15) is 6.17 Å². The summed E-state index contributed by atoms with van der Waals surface area (Å²) in [6.45, 7) is 0. The predicted molar refractivity (Wildman–Crippen MR) is 91.4 cm³/mol. The Morgan fingerprint density at radius 1 is 1.14 bits per heavy atom. The van der Waals surface area contributed by atoms with Crippen LogP contribution in [0.25, 0.3) is 0 Å². The molecule has 0 aliphatic heterocycles. The van der Waals surface area contributed by atoms with Gasteiger partial charge < -0.3 is 15.5 Å². The molecular formula is C11H11Cl6N3O. The molecule has 2 amide bonds. The molecule has 0 saturated carbocycles. The molecule has 0 fully saturated rings. The molecular weight excluding hydrogens is 403 g/mol. The molecule has 1 atom stereocenters. The summed E-state index contributed by atoms with van der Waals surface area (Å²) in [4.78, 5) is 13.0. The third kappa shape index (κ3) is 5.62. The van der Waals surface area contributed by atoms with Crippen molar-refractivity contribution in [1.29, 1.82) is 0 Å². The van der Waals surface area contributed by atoms with E-state index >= 15 is 0 Å². The van der Waals surface area contributed by atoms with E-state index in [0.717, 1.165) is 0 Å². The maximum atomic E-state index is 11.7. The second kappa shape index (κ2) is 7.53. The third-order valence-corrected chi connectivity index (χ3v) is 3.77. The van der Waals surface area contributed by atoms with E-state index in [1.165, 1.54) is 17.0 Å². The maximum absolute atomic E-state index is 11.7. The van der Waals surface area contributed by atoms with Crippen molar-refractivity contribution in [3.05, 3.63) is 27.2 Å². The van der Waals surface area contributed by atoms with Crippen molar-refractivity contribution in [3.8, 4) is 0 Å². The Hall–Kier alpha value is 0.0300. The van der Waals surface area contributed by atoms with Gasteiger partial charge in [0.2, 0.25) is 3.79 Å². The summed E-state index contributed by atoms with van der Waals surface area (Å²) in [6.07, 6.45) is -1.06. The van der Waals surface area contributed by atoms with E-state index in [1.54, 1.807) is 14.1 Å². The summed E-state index contributed by atoms with van der Waals surface area (Å²) in [6, 6.07) is 2.49. The average molecular weight is 414 g/mol. The zero-order valence-electron chi connectivity index (χ0n) is 10.9. The highest BCUT2D eigenvalue weighted by Gasteiger charge is 2.35. The molecule has 0 radical (unpaired) electrons. The van der Waals surface area contributed by atoms with Gasteiger partial charge >= 0.3 is 6.03 Å². The molecule has 0 spiro atoms. The zero-order chi connectivity index (χ0) is 16.4. The van der Waals surface area contributed by atoms with Gasteiger partial charge in [-0.15, -0.1) is 0 Å². The minimum atomic E-state index is -1.84. The van der Waals surface area contributed by atoms with Gasteiger partial charge in [-0.05, 0) is 12.1 Å². The summed E-state index contributed by atoms with van der Waals surface area (Å²) < 4.78 is -1.84. The van der Waals surface area contributed by atoms with Gasteiger partial charge in [-0.3, -0.25) is 0 Å². The number of hydrogen-bond donors (Lipinski definition) is 2. The average Bonchev–Trinajstić information content (AvgIpc) is 2.30. The first kappa shape index (κ1) is 19.1. The topological polar surface area (TPSA) is 44.4 Å². The molecule has 0 aromatic heterocycles. The molecule has 1 aromatic carbocycles. The second-order valence-electron chi connectivity index (χ2n) is 4.21. The van der Waals surface area contributed by atoms with E-state index in [2.05, 4.69) is 10.6 Å². The summed E-state index contributed by atoms with van der Waals surface area (Å²) >= 11 is 35.5. The van der Waals surface area contributed by atoms with E-state index in [1.807, 2.05) is 0 Å². The lowest BCUT2D eigenvalue weighted by Gasteiger charge is -2.29. The van der Waals surface area contributed by atoms with Crippen LogP contribution < -0.4 is 10.6 Å². The van der Waals surface area contributed by atoms with Crippen LogP contribution in [-0.2, 0) is 0 Å². The van der Waals surface area contributed by atoms with Crippen molar-refractivity contribution in [2.24, 2.45) is 0 Å². The van der Waals surface area contributed by atoms with Gasteiger partial charge in [-0.2, -0.15) is 0 Å². The van der Waals surface area contributed by atoms with E-state index in [9.17, 15) is 4.79 Å². The first-order valence-electron chi connectivity index (χ1n) is 5.48. The van der Waals surface area contributed by atoms with Crippen molar-refractivity contribution in [2.75, 3.05) is 19.4 Å². The number of alkyl halides is 3. The van der Waals surface area contributed by atoms with Gasteiger partial charge in [-0.1, -0.05) is 69.6 Å². The van der Waals surface area contributed by atoms with Crippen molar-refractivity contribution in [2.45, 2.75) is 9.96 Å². The van der Waals surface area contributed by atoms with Crippen LogP contribution in [-0.4, -0.2) is 35.0 Å². The van der Waals surface area contributed by atoms with Gasteiger partial charge in [0.05, 0.1) is 15.7 Å². The molecule has 0 bridgehead atoms. The molecule has 1 aromatic rings. The van der Waals surface area contributed by atoms with Crippen LogP contribution in [0.4, 0.5) is 10.5 Å². The fraction of sp³-hybridized carbons (Fsp3) is 0.364. The van der Waals surface area contributed by atoms with Crippen LogP contribution in [0.15, 0.2) is 12.1 Å². The van der Waals surface area contributed by atoms with E-state index in [4.69, 9.17) is 69.6 Å². The number of carbonyl (C=O) groups excluding carboxylic acids is 1. The highest BCUT2D eigenvalue weighted by atomic mass is 35.6. The summed E-state index contributed by atoms with van der Waals surface area (Å²) in [5, 5.41) is 6.11. The van der Waals surface area contributed by atoms with Crippen molar-refractivity contribution in [3.63, 3.8) is 0 Å². The van der Waals surface area contributed by atoms with Crippen molar-refractivity contribution < 1.29 is 4.79 Å². The van der Waals surface area contributed by atoms with E-state index < -0.39 is 16.0 Å². The molecule has 0 saturated heterocycles. The number of nitrogens with zero attached hydrogens (tertiary/aromatic N) is 1. The van der Waals surface area contributed by atoms with Gasteiger partial charge in [0.15, 0.2) is 0 Å². The Morgan fingerprint density at radius 3 is 2.00 bits per heavy atom. The number of halogens is 6. The lowest BCUT2D eigenvalue weighted by molar-refractivity contribution is 0.214. The molecule has 10 heteroatoms. The molecule has 0 unspecified atom stereocenters. The minimum absolute atomic E-state index is 0.228. The summed E-state index contributed by atoms with van der Waals surface area (Å²) in [5.74, 6) is 0. The summed E-state index contributed by atoms with van der Waals surface area (Å²) in [5.41, 5.74) is 0.290. The molecule has 2 N–H and O–H groups in total. The Labute approximate surface area is 152 Å². The van der Waals surface area contributed by atoms with Gasteiger partial charge in [-0.25, -0.2) is 4.79 Å². The van der Waals surface area contributed by atoms with Crippen LogP contribution >= 0.6 is 69.6 Å². The molecule has 0 aliphatic carbocycles. The van der Waals surface area contributed by atoms with Crippen LogP contribution in [0.1, 0.15) is 0 Å². The highest BCUT2D eigenvalue weighted by Crippen LogP contribution is 2.37. The SMILES string of the molecule is CN(C)C(=O)N[C@H](Nc1c(Cl)cc(Cl)cc1Cl)C(Cl)(Cl)Cl. The third-order valence-electron chi connectivity index (χ3n) is 2.30. The number of amides is 2. The van der Waals surface area contributed by atoms with Gasteiger partial charge in [0.25, 0.3) is 0 Å². The molecule has 1 rings (SSSR count). The number of rotatable bonds is 3. The lowest BCUT2D eigenvalue weighted by Crippen LogP contribution is -2.52. The normalized spacial score (nSPS) is 12.8. The number of anilines is 1. The van der Waals surface area contributed by atoms with Crippen LogP contribution in [0, 0.1) is 0 Å². The van der Waals surface area contributed by atoms with E-state index in [-0.39, 0.29) is 15.7 Å². The number of carbonyl (C=O) groups is 1. The van der Waals surface area contributed by atoms with Gasteiger partial charge in [0, 0.05) is 19.1 Å². The van der Waals surface area contributed by atoms with Crippen molar-refractivity contribution >= 4 is 81.3 Å². The first-order chi connectivity index (χ1) is 9.52. The number of nitrogens with one attached hydrogen (secondary N) is 2. The molecule has 21 heavy (non-hydrogen) atoms.